The Hall–Kier alpha value is -2.87. The molecular weight excluding hydrogens is 346 g/mol. The average Bonchev–Trinajstić information content (AvgIpc) is 2.65. The molecule has 0 amide bonds. The zero-order chi connectivity index (χ0) is 20.4. The molecule has 1 aromatic carbocycles. The van der Waals surface area contributed by atoms with Crippen LogP contribution in [0.1, 0.15) is 70.4 Å². The summed E-state index contributed by atoms with van der Waals surface area (Å²) in [5.41, 5.74) is 3.09. The number of hydrogen-bond donors (Lipinski definition) is 2. The van der Waals surface area contributed by atoms with E-state index >= 15 is 0 Å². The maximum atomic E-state index is 9.03. The van der Waals surface area contributed by atoms with Crippen LogP contribution in [-0.4, -0.2) is 16.5 Å². The van der Waals surface area contributed by atoms with Crippen molar-refractivity contribution in [2.24, 2.45) is 4.99 Å². The molecule has 0 spiro atoms. The number of nitrogens with zero attached hydrogens (tertiary/aromatic N) is 3. The van der Waals surface area contributed by atoms with Crippen molar-refractivity contribution in [3.63, 3.8) is 0 Å². The van der Waals surface area contributed by atoms with E-state index in [1.165, 1.54) is 30.4 Å². The Kier molecular flexibility index (Phi) is 8.01. The van der Waals surface area contributed by atoms with Gasteiger partial charge in [-0.1, -0.05) is 44.4 Å². The van der Waals surface area contributed by atoms with Gasteiger partial charge in [-0.2, -0.15) is 5.26 Å². The monoisotopic (exact) mass is 377 g/mol. The molecule has 148 valence electrons. The summed E-state index contributed by atoms with van der Waals surface area (Å²) < 4.78 is 0. The molecule has 0 saturated carbocycles. The Balaban J connectivity index is 2.29. The first-order valence-corrected chi connectivity index (χ1v) is 9.95. The summed E-state index contributed by atoms with van der Waals surface area (Å²) in [5, 5.41) is 14.9. The van der Waals surface area contributed by atoms with Crippen LogP contribution in [-0.2, 0) is 0 Å². The van der Waals surface area contributed by atoms with Crippen LogP contribution in [0.15, 0.2) is 53.8 Å². The number of rotatable bonds is 7. The number of nitrogens with one attached hydrogen (secondary N) is 2. The number of nitriles is 1. The van der Waals surface area contributed by atoms with Gasteiger partial charge in [0.15, 0.2) is 6.19 Å². The summed E-state index contributed by atoms with van der Waals surface area (Å²) in [6.07, 6.45) is 10.4. The van der Waals surface area contributed by atoms with Crippen LogP contribution in [0.2, 0.25) is 0 Å². The van der Waals surface area contributed by atoms with Crippen LogP contribution in [0, 0.1) is 11.5 Å². The van der Waals surface area contributed by atoms with Gasteiger partial charge in [-0.15, -0.1) is 0 Å². The predicted octanol–water partition coefficient (Wildman–Crippen LogP) is 5.43. The maximum absolute atomic E-state index is 9.03. The van der Waals surface area contributed by atoms with Crippen molar-refractivity contribution in [2.45, 2.75) is 64.8 Å². The van der Waals surface area contributed by atoms with Gasteiger partial charge in [0.25, 0.3) is 0 Å². The molecule has 2 aromatic rings. The number of hydrogen-bond acceptors (Lipinski definition) is 3. The van der Waals surface area contributed by atoms with Gasteiger partial charge in [0.1, 0.15) is 0 Å². The second kappa shape index (κ2) is 10.5. The molecule has 0 aliphatic carbocycles. The van der Waals surface area contributed by atoms with E-state index in [1.807, 2.05) is 57.6 Å². The third kappa shape index (κ3) is 7.03. The Labute approximate surface area is 168 Å². The molecule has 0 aliphatic heterocycles. The lowest BCUT2D eigenvalue weighted by Gasteiger charge is -2.20. The molecule has 0 saturated heterocycles. The molecule has 0 bridgehead atoms. The first kappa shape index (κ1) is 21.4. The molecule has 5 heteroatoms. The Morgan fingerprint density at radius 2 is 1.96 bits per heavy atom. The number of guanidine groups is 1. The summed E-state index contributed by atoms with van der Waals surface area (Å²) in [5.74, 6) is 0.755. The molecule has 1 atom stereocenters. The molecule has 28 heavy (non-hydrogen) atoms. The van der Waals surface area contributed by atoms with Crippen molar-refractivity contribution in [2.75, 3.05) is 5.32 Å². The van der Waals surface area contributed by atoms with Gasteiger partial charge in [-0.3, -0.25) is 10.3 Å². The highest BCUT2D eigenvalue weighted by Gasteiger charge is 2.15. The second-order valence-corrected chi connectivity index (χ2v) is 7.95. The van der Waals surface area contributed by atoms with Crippen molar-refractivity contribution in [3.05, 3.63) is 59.9 Å². The molecule has 0 radical (unpaired) electrons. The standard InChI is InChI=1S/C23H31N5/c1-5-6-7-13-21(19-11-9-14-25-16-19)18-10-8-12-20(15-18)27-22(26-17-24)28-23(2,3)4/h8-12,14-16,21H,5-7,13H2,1-4H3,(H2,26,27,28). The second-order valence-electron chi connectivity index (χ2n) is 7.95. The van der Waals surface area contributed by atoms with E-state index in [1.54, 1.807) is 0 Å². The molecule has 0 fully saturated rings. The van der Waals surface area contributed by atoms with E-state index in [4.69, 9.17) is 5.26 Å². The quantitative estimate of drug-likeness (QED) is 0.222. The third-order valence-corrected chi connectivity index (χ3v) is 4.36. The number of aromatic nitrogens is 1. The number of benzene rings is 1. The average molecular weight is 378 g/mol. The van der Waals surface area contributed by atoms with Gasteiger partial charge in [0, 0.05) is 24.0 Å². The van der Waals surface area contributed by atoms with E-state index in [2.05, 4.69) is 45.7 Å². The topological polar surface area (TPSA) is 73.1 Å². The summed E-state index contributed by atoms with van der Waals surface area (Å²) in [7, 11) is 0. The highest BCUT2D eigenvalue weighted by molar-refractivity contribution is 5.94. The van der Waals surface area contributed by atoms with Crippen molar-refractivity contribution < 1.29 is 0 Å². The molecular formula is C23H31N5. The molecule has 1 unspecified atom stereocenters. The Bertz CT molecular complexity index is 800. The fourth-order valence-corrected chi connectivity index (χ4v) is 3.15. The fraction of sp³-hybridized carbons (Fsp3) is 0.435. The molecule has 2 rings (SSSR count). The first-order chi connectivity index (χ1) is 13.4. The third-order valence-electron chi connectivity index (χ3n) is 4.36. The van der Waals surface area contributed by atoms with Crippen LogP contribution in [0.3, 0.4) is 0 Å². The highest BCUT2D eigenvalue weighted by atomic mass is 15.2. The summed E-state index contributed by atoms with van der Waals surface area (Å²) in [4.78, 5) is 8.86. The van der Waals surface area contributed by atoms with Crippen LogP contribution >= 0.6 is 0 Å². The minimum atomic E-state index is -0.289. The summed E-state index contributed by atoms with van der Waals surface area (Å²) in [6.45, 7) is 8.21. The molecule has 2 N–H and O–H groups in total. The number of anilines is 1. The van der Waals surface area contributed by atoms with Crippen molar-refractivity contribution >= 4 is 11.6 Å². The smallest absolute Gasteiger partial charge is 0.209 e. The molecule has 1 aromatic heterocycles. The zero-order valence-corrected chi connectivity index (χ0v) is 17.4. The van der Waals surface area contributed by atoms with Gasteiger partial charge in [-0.05, 0) is 56.5 Å². The van der Waals surface area contributed by atoms with Gasteiger partial charge in [0.2, 0.25) is 5.96 Å². The molecule has 5 nitrogen and oxygen atoms in total. The van der Waals surface area contributed by atoms with E-state index in [-0.39, 0.29) is 5.54 Å². The number of aliphatic imine (C=N–C) groups is 1. The lowest BCUT2D eigenvalue weighted by molar-refractivity contribution is 0.581. The van der Waals surface area contributed by atoms with Crippen molar-refractivity contribution in [1.82, 2.24) is 10.3 Å². The highest BCUT2D eigenvalue weighted by Crippen LogP contribution is 2.31. The zero-order valence-electron chi connectivity index (χ0n) is 17.4. The molecule has 0 aliphatic rings. The van der Waals surface area contributed by atoms with E-state index in [9.17, 15) is 0 Å². The van der Waals surface area contributed by atoms with E-state index < -0.39 is 0 Å². The Morgan fingerprint density at radius 3 is 2.61 bits per heavy atom. The summed E-state index contributed by atoms with van der Waals surface area (Å²) >= 11 is 0. The lowest BCUT2D eigenvalue weighted by Crippen LogP contribution is -2.30. The van der Waals surface area contributed by atoms with E-state index in [0.717, 1.165) is 12.1 Å². The maximum Gasteiger partial charge on any atom is 0.209 e. The van der Waals surface area contributed by atoms with Crippen LogP contribution in [0.25, 0.3) is 0 Å². The SMILES string of the molecule is CCCCCC(c1cccnc1)c1cccc(NC(=NC(C)(C)C)NC#N)c1. The number of unbranched alkanes of at least 4 members (excludes halogenated alkanes) is 2. The first-order valence-electron chi connectivity index (χ1n) is 9.95. The van der Waals surface area contributed by atoms with Gasteiger partial charge >= 0.3 is 0 Å². The summed E-state index contributed by atoms with van der Waals surface area (Å²) in [6, 6.07) is 12.5. The minimum Gasteiger partial charge on any atom is -0.326 e. The van der Waals surface area contributed by atoms with Gasteiger partial charge in [0.05, 0.1) is 5.54 Å². The van der Waals surface area contributed by atoms with Crippen LogP contribution < -0.4 is 10.6 Å². The lowest BCUT2D eigenvalue weighted by atomic mass is 9.87. The fourth-order valence-electron chi connectivity index (χ4n) is 3.15. The molecule has 1 heterocycles. The van der Waals surface area contributed by atoms with Gasteiger partial charge in [-0.25, -0.2) is 4.99 Å². The van der Waals surface area contributed by atoms with Crippen molar-refractivity contribution in [3.8, 4) is 6.19 Å². The predicted molar refractivity (Wildman–Crippen MR) is 116 cm³/mol. The Morgan fingerprint density at radius 1 is 1.18 bits per heavy atom. The van der Waals surface area contributed by atoms with Crippen LogP contribution in [0.5, 0.6) is 0 Å². The normalized spacial score (nSPS) is 12.9. The largest absolute Gasteiger partial charge is 0.326 e. The van der Waals surface area contributed by atoms with E-state index in [0.29, 0.717) is 11.9 Å². The van der Waals surface area contributed by atoms with Gasteiger partial charge < -0.3 is 5.32 Å². The van der Waals surface area contributed by atoms with Crippen molar-refractivity contribution in [1.29, 1.82) is 5.26 Å². The minimum absolute atomic E-state index is 0.289. The number of pyridine rings is 1. The van der Waals surface area contributed by atoms with Crippen LogP contribution in [0.4, 0.5) is 5.69 Å².